The van der Waals surface area contributed by atoms with Gasteiger partial charge in [0.05, 0.1) is 22.3 Å². The maximum Gasteiger partial charge on any atom is 0.338 e. The van der Waals surface area contributed by atoms with Crippen LogP contribution in [0.1, 0.15) is 27.9 Å². The fraction of sp³-hybridized carbons (Fsp3) is 0.250. The zero-order valence-electron chi connectivity index (χ0n) is 14.8. The SMILES string of the molecule is CCc1ccc(C(=O)OCC(=O)N(C)Cc2nc3ccccc3s2)cc1. The fourth-order valence-corrected chi connectivity index (χ4v) is 3.50. The van der Waals surface area contributed by atoms with Gasteiger partial charge < -0.3 is 9.64 Å². The first-order valence-electron chi connectivity index (χ1n) is 8.41. The van der Waals surface area contributed by atoms with E-state index < -0.39 is 5.97 Å². The van der Waals surface area contributed by atoms with E-state index in [0.29, 0.717) is 12.1 Å². The molecule has 1 aromatic heterocycles. The standard InChI is InChI=1S/C20H20N2O3S/c1-3-14-8-10-15(11-9-14)20(24)25-13-19(23)22(2)12-18-21-16-6-4-5-7-17(16)26-18/h4-11H,3,12-13H2,1-2H3. The van der Waals surface area contributed by atoms with Gasteiger partial charge in [0.1, 0.15) is 5.01 Å². The number of hydrogen-bond donors (Lipinski definition) is 0. The third-order valence-electron chi connectivity index (χ3n) is 4.06. The number of rotatable bonds is 6. The van der Waals surface area contributed by atoms with Crippen molar-refractivity contribution in [3.8, 4) is 0 Å². The number of hydrogen-bond acceptors (Lipinski definition) is 5. The highest BCUT2D eigenvalue weighted by molar-refractivity contribution is 7.18. The lowest BCUT2D eigenvalue weighted by Crippen LogP contribution is -2.30. The quantitative estimate of drug-likeness (QED) is 0.623. The van der Waals surface area contributed by atoms with E-state index in [1.54, 1.807) is 30.5 Å². The molecule has 0 aliphatic heterocycles. The molecule has 0 aliphatic carbocycles. The van der Waals surface area contributed by atoms with Crippen molar-refractivity contribution in [2.24, 2.45) is 0 Å². The molecule has 2 aromatic carbocycles. The van der Waals surface area contributed by atoms with Crippen molar-refractivity contribution >= 4 is 33.4 Å². The minimum Gasteiger partial charge on any atom is -0.452 e. The minimum absolute atomic E-state index is 0.261. The van der Waals surface area contributed by atoms with Crippen LogP contribution in [0, 0.1) is 0 Å². The molecule has 3 aromatic rings. The summed E-state index contributed by atoms with van der Waals surface area (Å²) in [6, 6.07) is 15.1. The van der Waals surface area contributed by atoms with E-state index in [2.05, 4.69) is 4.98 Å². The summed E-state index contributed by atoms with van der Waals surface area (Å²) in [4.78, 5) is 30.3. The summed E-state index contributed by atoms with van der Waals surface area (Å²) < 4.78 is 6.22. The largest absolute Gasteiger partial charge is 0.452 e. The number of likely N-dealkylation sites (N-methyl/N-ethyl adjacent to an activating group) is 1. The molecule has 0 saturated carbocycles. The molecule has 1 amide bonds. The normalized spacial score (nSPS) is 10.7. The van der Waals surface area contributed by atoms with Crippen LogP contribution >= 0.6 is 11.3 Å². The van der Waals surface area contributed by atoms with Crippen LogP contribution in [0.15, 0.2) is 48.5 Å². The molecule has 6 heteroatoms. The van der Waals surface area contributed by atoms with Crippen molar-refractivity contribution in [1.82, 2.24) is 9.88 Å². The van der Waals surface area contributed by atoms with Crippen LogP contribution in [0.5, 0.6) is 0 Å². The molecule has 0 saturated heterocycles. The van der Waals surface area contributed by atoms with E-state index in [-0.39, 0.29) is 12.5 Å². The van der Waals surface area contributed by atoms with Gasteiger partial charge in [-0.2, -0.15) is 0 Å². The summed E-state index contributed by atoms with van der Waals surface area (Å²) >= 11 is 1.55. The number of esters is 1. The summed E-state index contributed by atoms with van der Waals surface area (Å²) in [5.41, 5.74) is 2.52. The molecule has 5 nitrogen and oxygen atoms in total. The molecule has 0 fully saturated rings. The maximum absolute atomic E-state index is 12.2. The number of fused-ring (bicyclic) bond motifs is 1. The Kier molecular flexibility index (Phi) is 5.63. The van der Waals surface area contributed by atoms with Gasteiger partial charge in [-0.1, -0.05) is 31.2 Å². The number of carbonyl (C=O) groups excluding carboxylic acids is 2. The van der Waals surface area contributed by atoms with Crippen molar-refractivity contribution < 1.29 is 14.3 Å². The van der Waals surface area contributed by atoms with Gasteiger partial charge in [0.25, 0.3) is 5.91 Å². The number of aryl methyl sites for hydroxylation is 1. The number of ether oxygens (including phenoxy) is 1. The van der Waals surface area contributed by atoms with E-state index in [4.69, 9.17) is 4.74 Å². The Labute approximate surface area is 156 Å². The van der Waals surface area contributed by atoms with Crippen LogP contribution in [0.4, 0.5) is 0 Å². The van der Waals surface area contributed by atoms with Crippen molar-refractivity contribution in [3.63, 3.8) is 0 Å². The number of para-hydroxylation sites is 1. The molecule has 3 rings (SSSR count). The lowest BCUT2D eigenvalue weighted by Gasteiger charge is -2.15. The fourth-order valence-electron chi connectivity index (χ4n) is 2.48. The number of nitrogens with zero attached hydrogens (tertiary/aromatic N) is 2. The van der Waals surface area contributed by atoms with Gasteiger partial charge in [-0.3, -0.25) is 4.79 Å². The van der Waals surface area contributed by atoms with E-state index in [1.165, 1.54) is 4.90 Å². The molecule has 0 aliphatic rings. The van der Waals surface area contributed by atoms with Crippen LogP contribution in [0.25, 0.3) is 10.2 Å². The summed E-state index contributed by atoms with van der Waals surface area (Å²) in [7, 11) is 1.68. The van der Waals surface area contributed by atoms with Gasteiger partial charge >= 0.3 is 5.97 Å². The molecule has 26 heavy (non-hydrogen) atoms. The van der Waals surface area contributed by atoms with Crippen LogP contribution < -0.4 is 0 Å². The third kappa shape index (κ3) is 4.26. The van der Waals surface area contributed by atoms with Gasteiger partial charge in [0.15, 0.2) is 6.61 Å². The highest BCUT2D eigenvalue weighted by Gasteiger charge is 2.15. The van der Waals surface area contributed by atoms with Crippen molar-refractivity contribution in [1.29, 1.82) is 0 Å². The number of thiazole rings is 1. The van der Waals surface area contributed by atoms with E-state index in [9.17, 15) is 9.59 Å². The Morgan fingerprint density at radius 3 is 2.54 bits per heavy atom. The Morgan fingerprint density at radius 2 is 1.85 bits per heavy atom. The molecule has 0 unspecified atom stereocenters. The molecular formula is C20H20N2O3S. The average molecular weight is 368 g/mol. The first kappa shape index (κ1) is 18.1. The predicted octanol–water partition coefficient (Wildman–Crippen LogP) is 3.67. The highest BCUT2D eigenvalue weighted by Crippen LogP contribution is 2.22. The second-order valence-corrected chi connectivity index (χ2v) is 7.07. The van der Waals surface area contributed by atoms with Crippen LogP contribution in [-0.4, -0.2) is 35.4 Å². The second kappa shape index (κ2) is 8.10. The third-order valence-corrected chi connectivity index (χ3v) is 5.08. The zero-order valence-corrected chi connectivity index (χ0v) is 15.6. The van der Waals surface area contributed by atoms with E-state index >= 15 is 0 Å². The first-order chi connectivity index (χ1) is 12.6. The number of benzene rings is 2. The van der Waals surface area contributed by atoms with Crippen LogP contribution in [0.2, 0.25) is 0 Å². The average Bonchev–Trinajstić information content (AvgIpc) is 3.08. The second-order valence-electron chi connectivity index (χ2n) is 5.95. The zero-order chi connectivity index (χ0) is 18.5. The summed E-state index contributed by atoms with van der Waals surface area (Å²) in [6.07, 6.45) is 0.907. The number of aromatic nitrogens is 1. The predicted molar refractivity (Wildman–Crippen MR) is 102 cm³/mol. The monoisotopic (exact) mass is 368 g/mol. The smallest absolute Gasteiger partial charge is 0.338 e. The highest BCUT2D eigenvalue weighted by atomic mass is 32.1. The van der Waals surface area contributed by atoms with Crippen molar-refractivity contribution in [2.45, 2.75) is 19.9 Å². The van der Waals surface area contributed by atoms with Gasteiger partial charge in [-0.05, 0) is 36.2 Å². The van der Waals surface area contributed by atoms with Gasteiger partial charge in [-0.25, -0.2) is 9.78 Å². The Hall–Kier alpha value is -2.73. The minimum atomic E-state index is -0.491. The Morgan fingerprint density at radius 1 is 1.12 bits per heavy atom. The molecule has 134 valence electrons. The van der Waals surface area contributed by atoms with Gasteiger partial charge in [0, 0.05) is 7.05 Å². The van der Waals surface area contributed by atoms with Crippen molar-refractivity contribution in [3.05, 3.63) is 64.7 Å². The van der Waals surface area contributed by atoms with Gasteiger partial charge in [-0.15, -0.1) is 11.3 Å². The summed E-state index contributed by atoms with van der Waals surface area (Å²) in [5, 5.41) is 0.850. The molecule has 0 radical (unpaired) electrons. The maximum atomic E-state index is 12.2. The van der Waals surface area contributed by atoms with E-state index in [0.717, 1.165) is 27.2 Å². The lowest BCUT2D eigenvalue weighted by molar-refractivity contribution is -0.133. The molecule has 0 N–H and O–H groups in total. The molecule has 0 atom stereocenters. The molecule has 1 heterocycles. The Bertz CT molecular complexity index is 885. The van der Waals surface area contributed by atoms with Crippen LogP contribution in [-0.2, 0) is 22.5 Å². The number of carbonyl (C=O) groups is 2. The Balaban J connectivity index is 1.54. The molecular weight excluding hydrogens is 348 g/mol. The number of amides is 1. The summed E-state index contributed by atoms with van der Waals surface area (Å²) in [5.74, 6) is -0.753. The van der Waals surface area contributed by atoms with Crippen LogP contribution in [0.3, 0.4) is 0 Å². The van der Waals surface area contributed by atoms with Crippen molar-refractivity contribution in [2.75, 3.05) is 13.7 Å². The first-order valence-corrected chi connectivity index (χ1v) is 9.23. The van der Waals surface area contributed by atoms with Gasteiger partial charge in [0.2, 0.25) is 0 Å². The molecule has 0 spiro atoms. The lowest BCUT2D eigenvalue weighted by atomic mass is 10.1. The van der Waals surface area contributed by atoms with E-state index in [1.807, 2.05) is 43.3 Å². The topological polar surface area (TPSA) is 59.5 Å². The summed E-state index contributed by atoms with van der Waals surface area (Å²) in [6.45, 7) is 2.16. The molecule has 0 bridgehead atoms.